The summed E-state index contributed by atoms with van der Waals surface area (Å²) in [6.45, 7) is 2.12. The van der Waals surface area contributed by atoms with Crippen LogP contribution in [-0.4, -0.2) is 22.1 Å². The molecule has 1 aromatic heterocycles. The zero-order chi connectivity index (χ0) is 13.1. The standard InChI is InChI=1S/C13H17ClN2O2/c1-2-9(5-8-3-4-8)16-12-6-10(13(17)18)11(14)7-15-12/h6-9H,2-5H2,1H3,(H,15,16)(H,17,18). The highest BCUT2D eigenvalue weighted by molar-refractivity contribution is 6.33. The van der Waals surface area contributed by atoms with Gasteiger partial charge in [-0.25, -0.2) is 9.78 Å². The third-order valence-electron chi connectivity index (χ3n) is 3.25. The van der Waals surface area contributed by atoms with Crippen molar-refractivity contribution in [2.24, 2.45) is 5.92 Å². The van der Waals surface area contributed by atoms with Crippen LogP contribution in [-0.2, 0) is 0 Å². The Hall–Kier alpha value is -1.29. The van der Waals surface area contributed by atoms with Gasteiger partial charge in [-0.15, -0.1) is 0 Å². The van der Waals surface area contributed by atoms with E-state index < -0.39 is 5.97 Å². The number of nitrogens with one attached hydrogen (secondary N) is 1. The van der Waals surface area contributed by atoms with Crippen LogP contribution >= 0.6 is 11.6 Å². The fourth-order valence-corrected chi connectivity index (χ4v) is 2.16. The van der Waals surface area contributed by atoms with Crippen LogP contribution in [0.1, 0.15) is 43.0 Å². The van der Waals surface area contributed by atoms with Gasteiger partial charge in [-0.1, -0.05) is 31.4 Å². The van der Waals surface area contributed by atoms with Crippen molar-refractivity contribution in [3.8, 4) is 0 Å². The quantitative estimate of drug-likeness (QED) is 0.830. The molecule has 1 unspecified atom stereocenters. The van der Waals surface area contributed by atoms with E-state index in [0.29, 0.717) is 11.9 Å². The summed E-state index contributed by atoms with van der Waals surface area (Å²) in [5.74, 6) is 0.388. The normalized spacial score (nSPS) is 16.3. The summed E-state index contributed by atoms with van der Waals surface area (Å²) in [5.41, 5.74) is 0.0930. The van der Waals surface area contributed by atoms with Crippen LogP contribution in [0.15, 0.2) is 12.3 Å². The third-order valence-corrected chi connectivity index (χ3v) is 3.55. The molecular formula is C13H17ClN2O2. The van der Waals surface area contributed by atoms with E-state index in [1.54, 1.807) is 0 Å². The molecule has 0 spiro atoms. The predicted octanol–water partition coefficient (Wildman–Crippen LogP) is 3.42. The average molecular weight is 269 g/mol. The summed E-state index contributed by atoms with van der Waals surface area (Å²) in [6, 6.07) is 1.85. The largest absolute Gasteiger partial charge is 0.478 e. The van der Waals surface area contributed by atoms with Crippen molar-refractivity contribution in [2.45, 2.75) is 38.6 Å². The number of carboxylic acids is 1. The van der Waals surface area contributed by atoms with Gasteiger partial charge in [-0.2, -0.15) is 0 Å². The summed E-state index contributed by atoms with van der Waals surface area (Å²) >= 11 is 5.78. The van der Waals surface area contributed by atoms with Gasteiger partial charge in [0.1, 0.15) is 5.82 Å². The number of halogens is 1. The lowest BCUT2D eigenvalue weighted by molar-refractivity contribution is 0.0697. The summed E-state index contributed by atoms with van der Waals surface area (Å²) < 4.78 is 0. The van der Waals surface area contributed by atoms with Crippen molar-refractivity contribution in [1.82, 2.24) is 4.98 Å². The lowest BCUT2D eigenvalue weighted by Gasteiger charge is -2.17. The Balaban J connectivity index is 2.07. The van der Waals surface area contributed by atoms with Crippen molar-refractivity contribution in [3.63, 3.8) is 0 Å². The second-order valence-corrected chi connectivity index (χ2v) is 5.19. The molecule has 0 radical (unpaired) electrons. The lowest BCUT2D eigenvalue weighted by Crippen LogP contribution is -2.20. The molecule has 1 aliphatic carbocycles. The molecule has 0 bridgehead atoms. The zero-order valence-electron chi connectivity index (χ0n) is 10.3. The Kier molecular flexibility index (Phi) is 4.07. The molecule has 2 N–H and O–H groups in total. The number of pyridine rings is 1. The second kappa shape index (κ2) is 5.57. The van der Waals surface area contributed by atoms with Gasteiger partial charge < -0.3 is 10.4 Å². The van der Waals surface area contributed by atoms with Crippen LogP contribution < -0.4 is 5.32 Å². The smallest absolute Gasteiger partial charge is 0.337 e. The van der Waals surface area contributed by atoms with Gasteiger partial charge in [-0.3, -0.25) is 0 Å². The number of hydrogen-bond acceptors (Lipinski definition) is 3. The van der Waals surface area contributed by atoms with Gasteiger partial charge in [0.25, 0.3) is 0 Å². The maximum absolute atomic E-state index is 11.0. The first-order valence-corrected chi connectivity index (χ1v) is 6.63. The summed E-state index contributed by atoms with van der Waals surface area (Å²) in [4.78, 5) is 15.1. The number of nitrogens with zero attached hydrogens (tertiary/aromatic N) is 1. The first-order chi connectivity index (χ1) is 8.60. The summed E-state index contributed by atoms with van der Waals surface area (Å²) in [5, 5.41) is 12.5. The Bertz CT molecular complexity index is 447. The van der Waals surface area contributed by atoms with Crippen LogP contribution in [0, 0.1) is 5.92 Å². The summed E-state index contributed by atoms with van der Waals surface area (Å²) in [6.07, 6.45) is 6.14. The second-order valence-electron chi connectivity index (χ2n) is 4.78. The number of hydrogen-bond donors (Lipinski definition) is 2. The molecule has 0 aromatic carbocycles. The van der Waals surface area contributed by atoms with E-state index in [9.17, 15) is 4.79 Å². The molecule has 18 heavy (non-hydrogen) atoms. The van der Waals surface area contributed by atoms with Crippen molar-refractivity contribution in [2.75, 3.05) is 5.32 Å². The van der Waals surface area contributed by atoms with E-state index in [1.807, 2.05) is 0 Å². The molecule has 1 saturated carbocycles. The van der Waals surface area contributed by atoms with Gasteiger partial charge in [-0.05, 0) is 24.8 Å². The van der Waals surface area contributed by atoms with Crippen LogP contribution in [0.2, 0.25) is 5.02 Å². The molecular weight excluding hydrogens is 252 g/mol. The number of anilines is 1. The van der Waals surface area contributed by atoms with Crippen LogP contribution in [0.3, 0.4) is 0 Å². The van der Waals surface area contributed by atoms with Crippen molar-refractivity contribution in [1.29, 1.82) is 0 Å². The van der Waals surface area contributed by atoms with Crippen molar-refractivity contribution in [3.05, 3.63) is 22.8 Å². The Morgan fingerprint density at radius 2 is 2.39 bits per heavy atom. The molecule has 5 heteroatoms. The number of rotatable bonds is 6. The van der Waals surface area contributed by atoms with Crippen LogP contribution in [0.5, 0.6) is 0 Å². The van der Waals surface area contributed by atoms with Gasteiger partial charge in [0.05, 0.1) is 10.6 Å². The fraction of sp³-hybridized carbons (Fsp3) is 0.538. The SMILES string of the molecule is CCC(CC1CC1)Nc1cc(C(=O)O)c(Cl)cn1. The minimum atomic E-state index is -1.03. The monoisotopic (exact) mass is 268 g/mol. The highest BCUT2D eigenvalue weighted by atomic mass is 35.5. The summed E-state index contributed by atoms with van der Waals surface area (Å²) in [7, 11) is 0. The third kappa shape index (κ3) is 3.35. The first-order valence-electron chi connectivity index (χ1n) is 6.25. The Morgan fingerprint density at radius 1 is 1.67 bits per heavy atom. The molecule has 1 aromatic rings. The fourth-order valence-electron chi connectivity index (χ4n) is 1.97. The molecule has 0 saturated heterocycles. The highest BCUT2D eigenvalue weighted by Gasteiger charge is 2.25. The van der Waals surface area contributed by atoms with E-state index in [1.165, 1.54) is 25.1 Å². The number of carbonyl (C=O) groups is 1. The van der Waals surface area contributed by atoms with E-state index in [0.717, 1.165) is 18.8 Å². The minimum Gasteiger partial charge on any atom is -0.478 e. The molecule has 2 rings (SSSR count). The molecule has 1 aliphatic rings. The van der Waals surface area contributed by atoms with Gasteiger partial charge in [0.15, 0.2) is 0 Å². The Labute approximate surface area is 111 Å². The maximum atomic E-state index is 11.0. The number of aromatic carboxylic acids is 1. The zero-order valence-corrected chi connectivity index (χ0v) is 11.1. The number of carboxylic acid groups (broad SMARTS) is 1. The van der Waals surface area contributed by atoms with E-state index >= 15 is 0 Å². The first kappa shape index (κ1) is 13.1. The van der Waals surface area contributed by atoms with E-state index in [4.69, 9.17) is 16.7 Å². The topological polar surface area (TPSA) is 62.2 Å². The van der Waals surface area contributed by atoms with Gasteiger partial charge in [0, 0.05) is 12.2 Å². The number of aromatic nitrogens is 1. The van der Waals surface area contributed by atoms with Crippen molar-refractivity contribution >= 4 is 23.4 Å². The maximum Gasteiger partial charge on any atom is 0.337 e. The molecule has 1 atom stereocenters. The highest BCUT2D eigenvalue weighted by Crippen LogP contribution is 2.34. The lowest BCUT2D eigenvalue weighted by atomic mass is 10.1. The molecule has 1 fully saturated rings. The molecule has 1 heterocycles. The van der Waals surface area contributed by atoms with Gasteiger partial charge >= 0.3 is 5.97 Å². The molecule has 0 aliphatic heterocycles. The average Bonchev–Trinajstić information content (AvgIpc) is 3.14. The predicted molar refractivity (Wildman–Crippen MR) is 71.2 cm³/mol. The van der Waals surface area contributed by atoms with E-state index in [2.05, 4.69) is 17.2 Å². The molecule has 0 amide bonds. The van der Waals surface area contributed by atoms with Crippen molar-refractivity contribution < 1.29 is 9.90 Å². The Morgan fingerprint density at radius 3 is 2.94 bits per heavy atom. The molecule has 98 valence electrons. The van der Waals surface area contributed by atoms with Crippen LogP contribution in [0.4, 0.5) is 5.82 Å². The van der Waals surface area contributed by atoms with E-state index in [-0.39, 0.29) is 10.6 Å². The minimum absolute atomic E-state index is 0.0930. The van der Waals surface area contributed by atoms with Crippen LogP contribution in [0.25, 0.3) is 0 Å². The van der Waals surface area contributed by atoms with Gasteiger partial charge in [0.2, 0.25) is 0 Å². The molecule has 4 nitrogen and oxygen atoms in total.